The Kier molecular flexibility index (Phi) is 28.9. The summed E-state index contributed by atoms with van der Waals surface area (Å²) in [4.78, 5) is 165. The first-order chi connectivity index (χ1) is 41.0. The predicted octanol–water partition coefficient (Wildman–Crippen LogP) is -4.39. The number of nitrogens with one attached hydrogen (secondary N) is 10. The Morgan fingerprint density at radius 1 is 0.640 bits per heavy atom. The summed E-state index contributed by atoms with van der Waals surface area (Å²) in [6.45, 7) is 1.58. The number of carbonyl (C=O) groups is 11. The molecule has 11 amide bonds. The first kappa shape index (κ1) is 69.4. The number of primary amides is 1. The van der Waals surface area contributed by atoms with E-state index in [4.69, 9.17) is 28.7 Å². The van der Waals surface area contributed by atoms with E-state index in [1.807, 2.05) is 19.1 Å². The number of nitrogens with two attached hydrogens (primary N) is 5. The topological polar surface area (TPSA) is 502 Å². The van der Waals surface area contributed by atoms with Crippen LogP contribution in [0.5, 0.6) is 0 Å². The molecule has 1 aliphatic heterocycles. The average molecular weight is 1240 g/mol. The average Bonchev–Trinajstić information content (AvgIpc) is 4.21. The van der Waals surface area contributed by atoms with Crippen molar-refractivity contribution in [2.45, 2.75) is 113 Å². The van der Waals surface area contributed by atoms with Crippen LogP contribution in [0.1, 0.15) is 63.0 Å². The van der Waals surface area contributed by atoms with Gasteiger partial charge in [0.1, 0.15) is 54.9 Å². The molecule has 4 rings (SSSR count). The van der Waals surface area contributed by atoms with Crippen LogP contribution in [0.2, 0.25) is 0 Å². The number of hydrogen-bond donors (Lipinski definition) is 18. The predicted molar refractivity (Wildman–Crippen MR) is 325 cm³/mol. The van der Waals surface area contributed by atoms with Gasteiger partial charge in [-0.3, -0.25) is 67.8 Å². The van der Waals surface area contributed by atoms with E-state index in [1.54, 1.807) is 48.7 Å². The first-order valence-corrected chi connectivity index (χ1v) is 28.7. The van der Waals surface area contributed by atoms with Crippen molar-refractivity contribution in [1.82, 2.24) is 57.7 Å². The molecule has 0 aliphatic carbocycles. The van der Waals surface area contributed by atoms with Gasteiger partial charge in [0.05, 0.1) is 6.34 Å². The summed E-state index contributed by atoms with van der Waals surface area (Å²) in [6, 6.07) is 3.57. The lowest BCUT2D eigenvalue weighted by Gasteiger charge is -2.28. The molecular formula is C53H77N19O12S2. The number of para-hydroxylation sites is 1. The van der Waals surface area contributed by atoms with Gasteiger partial charge in [0, 0.05) is 74.0 Å². The molecule has 86 heavy (non-hydrogen) atoms. The largest absolute Gasteiger partial charge is 0.481 e. The zero-order valence-corrected chi connectivity index (χ0v) is 49.1. The van der Waals surface area contributed by atoms with Gasteiger partial charge in [-0.15, -0.1) is 0 Å². The van der Waals surface area contributed by atoms with Crippen LogP contribution in [0.3, 0.4) is 0 Å². The molecule has 0 spiro atoms. The van der Waals surface area contributed by atoms with E-state index in [2.05, 4.69) is 93.1 Å². The third-order valence-electron chi connectivity index (χ3n) is 13.1. The summed E-state index contributed by atoms with van der Waals surface area (Å²) in [5.74, 6) is -10.5. The monoisotopic (exact) mass is 1240 g/mol. The maximum absolute atomic E-state index is 14.7. The summed E-state index contributed by atoms with van der Waals surface area (Å²) >= 11 is 8.32. The molecule has 0 radical (unpaired) electrons. The number of aromatic nitrogens is 1. The second kappa shape index (κ2) is 35.9. The Morgan fingerprint density at radius 3 is 1.74 bits per heavy atom. The van der Waals surface area contributed by atoms with Crippen LogP contribution >= 0.6 is 25.3 Å². The number of aliphatic imine (C=N–C) groups is 3. The molecule has 8 atom stereocenters. The number of carboxylic acids is 1. The number of guanidine groups is 2. The number of imide groups is 1. The third kappa shape index (κ3) is 23.1. The number of thiol groups is 2. The minimum absolute atomic E-state index is 0.00950. The number of H-pyrrole nitrogens is 1. The van der Waals surface area contributed by atoms with E-state index in [0.29, 0.717) is 29.0 Å². The number of amides is 11. The number of benzene rings is 2. The fourth-order valence-electron chi connectivity index (χ4n) is 8.63. The molecule has 1 saturated heterocycles. The van der Waals surface area contributed by atoms with Gasteiger partial charge in [-0.25, -0.2) is 4.79 Å². The standard InChI is InChI=1S/C53H77N19O12S2/c1-2-59-28-60-21-18-35(67-45(78)34(16-17-42(74)75)66-49(82)40(27-86)64-41(73)25-72-50(83)36(71-53(72)84)15-9-20-62-52(57)58)46(79)68-37(22-29-10-4-3-5-11-29)47(80)65-33(14-8-19-61-51(55)56)44(77)69-38(48(81)70-39(26-85)43(54)76)23-30-24-63-32-13-7-6-12-31(30)32/h3-7,10-13,24,28,33-40,63,85-86H,2,8-9,14-23,25-27H2,1H3,(H2,54,76)(H,59,60)(H,64,73)(H,65,80)(H,66,82)(H,67,78)(H,68,79)(H,69,77)(H,70,81)(H,71,84)(H,74,75)(H4,55,56,61)(H4,57,58,62)/t33-,34-,35-,36+,37+,38-,39-,40-/m0/s1. The summed E-state index contributed by atoms with van der Waals surface area (Å²) in [5, 5.41) is 33.7. The van der Waals surface area contributed by atoms with E-state index >= 15 is 0 Å². The van der Waals surface area contributed by atoms with Crippen molar-refractivity contribution in [3.8, 4) is 0 Å². The lowest BCUT2D eigenvalue weighted by Crippen LogP contribution is -2.60. The molecule has 2 aromatic carbocycles. The van der Waals surface area contributed by atoms with Gasteiger partial charge < -0.3 is 86.6 Å². The molecule has 1 aliphatic rings. The van der Waals surface area contributed by atoms with Gasteiger partial charge in [0.25, 0.3) is 5.91 Å². The van der Waals surface area contributed by atoms with Crippen LogP contribution in [0.4, 0.5) is 4.79 Å². The van der Waals surface area contributed by atoms with Gasteiger partial charge >= 0.3 is 12.0 Å². The SMILES string of the molecule is CCNC=NCC[C@H](NC(=O)[C@H](CCC(=O)O)NC(=O)[C@H](CS)NC(=O)CN1C(=O)N[C@H](CCCN=C(N)N)C1=O)C(=O)N[C@H](Cc1ccccc1)C(=O)N[C@@H](CCCN=C(N)N)C(=O)N[C@@H](Cc1c[nH]c2ccccc12)C(=O)N[C@@H](CS)C(N)=O. The van der Waals surface area contributed by atoms with Crippen molar-refractivity contribution >= 4 is 120 Å². The van der Waals surface area contributed by atoms with Crippen molar-refractivity contribution in [3.05, 3.63) is 71.9 Å². The summed E-state index contributed by atoms with van der Waals surface area (Å²) in [7, 11) is 0. The highest BCUT2D eigenvalue weighted by molar-refractivity contribution is 7.80. The van der Waals surface area contributed by atoms with Gasteiger partial charge in [-0.1, -0.05) is 48.5 Å². The Labute approximate surface area is 506 Å². The number of hydrogen-bond acceptors (Lipinski definition) is 16. The Hall–Kier alpha value is -9.14. The van der Waals surface area contributed by atoms with Crippen LogP contribution in [-0.4, -0.2) is 191 Å². The molecule has 21 N–H and O–H groups in total. The molecule has 1 aromatic heterocycles. The van der Waals surface area contributed by atoms with Gasteiger partial charge in [0.15, 0.2) is 11.9 Å². The fourth-order valence-corrected chi connectivity index (χ4v) is 9.16. The Balaban J connectivity index is 1.61. The van der Waals surface area contributed by atoms with Crippen LogP contribution in [-0.2, 0) is 60.8 Å². The molecule has 0 bridgehead atoms. The van der Waals surface area contributed by atoms with Crippen LogP contribution < -0.4 is 76.5 Å². The van der Waals surface area contributed by atoms with Crippen molar-refractivity contribution < 1.29 is 57.8 Å². The molecule has 468 valence electrons. The minimum Gasteiger partial charge on any atom is -0.481 e. The second-order valence-corrected chi connectivity index (χ2v) is 20.4. The molecule has 33 heteroatoms. The smallest absolute Gasteiger partial charge is 0.325 e. The van der Waals surface area contributed by atoms with E-state index in [1.165, 1.54) is 6.34 Å². The highest BCUT2D eigenvalue weighted by Gasteiger charge is 2.40. The molecule has 2 heterocycles. The highest BCUT2D eigenvalue weighted by Crippen LogP contribution is 2.20. The van der Waals surface area contributed by atoms with E-state index in [0.717, 1.165) is 10.9 Å². The third-order valence-corrected chi connectivity index (χ3v) is 13.8. The second-order valence-electron chi connectivity index (χ2n) is 19.6. The Morgan fingerprint density at radius 2 is 1.16 bits per heavy atom. The van der Waals surface area contributed by atoms with Crippen molar-refractivity contribution in [2.75, 3.05) is 44.2 Å². The quantitative estimate of drug-likeness (QED) is 0.00847. The number of fused-ring (bicyclic) bond motifs is 1. The molecule has 0 saturated carbocycles. The van der Waals surface area contributed by atoms with Gasteiger partial charge in [0.2, 0.25) is 47.3 Å². The number of carboxylic acid groups (broad SMARTS) is 1. The number of carbonyl (C=O) groups excluding carboxylic acids is 10. The van der Waals surface area contributed by atoms with Crippen LogP contribution in [0, 0.1) is 0 Å². The van der Waals surface area contributed by atoms with Gasteiger partial charge in [-0.2, -0.15) is 25.3 Å². The molecule has 0 unspecified atom stereocenters. The molecule has 3 aromatic rings. The number of urea groups is 1. The van der Waals surface area contributed by atoms with E-state index in [-0.39, 0.29) is 81.6 Å². The summed E-state index contributed by atoms with van der Waals surface area (Å²) in [5.41, 5.74) is 29.2. The number of aliphatic carboxylic acids is 1. The first-order valence-electron chi connectivity index (χ1n) is 27.4. The zero-order chi connectivity index (χ0) is 63.3. The number of aromatic amines is 1. The fraction of sp³-hybridized carbons (Fsp3) is 0.472. The van der Waals surface area contributed by atoms with Crippen molar-refractivity contribution in [2.24, 2.45) is 43.6 Å². The minimum atomic E-state index is -1.67. The zero-order valence-electron chi connectivity index (χ0n) is 47.3. The highest BCUT2D eigenvalue weighted by atomic mass is 32.1. The van der Waals surface area contributed by atoms with Crippen LogP contribution in [0.15, 0.2) is 75.8 Å². The van der Waals surface area contributed by atoms with E-state index in [9.17, 15) is 57.8 Å². The molecule has 1 fully saturated rings. The lowest BCUT2D eigenvalue weighted by molar-refractivity contribution is -0.138. The summed E-state index contributed by atoms with van der Waals surface area (Å²) < 4.78 is 0. The van der Waals surface area contributed by atoms with Crippen molar-refractivity contribution in [3.63, 3.8) is 0 Å². The number of rotatable bonds is 38. The molecular weight excluding hydrogens is 1160 g/mol. The van der Waals surface area contributed by atoms with Gasteiger partial charge in [-0.05, 0) is 62.6 Å². The lowest BCUT2D eigenvalue weighted by atomic mass is 10.0. The number of nitrogens with zero attached hydrogens (tertiary/aromatic N) is 4. The summed E-state index contributed by atoms with van der Waals surface area (Å²) in [6.07, 6.45) is 1.78. The van der Waals surface area contributed by atoms with Crippen LogP contribution in [0.25, 0.3) is 10.9 Å². The maximum Gasteiger partial charge on any atom is 0.325 e. The van der Waals surface area contributed by atoms with Crippen molar-refractivity contribution in [1.29, 1.82) is 0 Å². The normalized spacial score (nSPS) is 15.3. The molecule has 31 nitrogen and oxygen atoms in total. The van der Waals surface area contributed by atoms with E-state index < -0.39 is 133 Å². The Bertz CT molecular complexity index is 2940. The maximum atomic E-state index is 14.7.